The highest BCUT2D eigenvalue weighted by Crippen LogP contribution is 2.23. The molecule has 0 saturated heterocycles. The lowest BCUT2D eigenvalue weighted by molar-refractivity contribution is -0.123. The third-order valence-corrected chi connectivity index (χ3v) is 3.71. The smallest absolute Gasteiger partial charge is 0.222 e. The molecular weight excluding hydrogens is 490 g/mol. The molecule has 1 aromatic rings. The molecule has 0 spiro atoms. The summed E-state index contributed by atoms with van der Waals surface area (Å²) in [7, 11) is 0. The lowest BCUT2D eigenvalue weighted by Crippen LogP contribution is -2.42. The molecule has 0 aliphatic rings. The van der Waals surface area contributed by atoms with Crippen molar-refractivity contribution in [3.63, 3.8) is 0 Å². The Bertz CT molecular complexity index is 580. The van der Waals surface area contributed by atoms with E-state index in [4.69, 9.17) is 23.2 Å². The summed E-state index contributed by atoms with van der Waals surface area (Å²) in [5.74, 6) is 0.534. The molecular formula is C17H27Cl2IN4O2. The van der Waals surface area contributed by atoms with Crippen molar-refractivity contribution in [3.05, 3.63) is 33.8 Å². The Kier molecular flexibility index (Phi) is 13.0. The van der Waals surface area contributed by atoms with Gasteiger partial charge in [-0.05, 0) is 30.7 Å². The molecule has 0 saturated carbocycles. The molecule has 1 unspecified atom stereocenters. The van der Waals surface area contributed by atoms with Crippen LogP contribution in [0, 0.1) is 5.92 Å². The first kappa shape index (κ1) is 25.2. The fraction of sp³-hybridized carbons (Fsp3) is 0.529. The summed E-state index contributed by atoms with van der Waals surface area (Å²) in [4.78, 5) is 15.8. The van der Waals surface area contributed by atoms with Crippen molar-refractivity contribution in [2.45, 2.75) is 26.9 Å². The van der Waals surface area contributed by atoms with Crippen molar-refractivity contribution in [2.75, 3.05) is 26.2 Å². The van der Waals surface area contributed by atoms with Gasteiger partial charge in [0.2, 0.25) is 5.91 Å². The van der Waals surface area contributed by atoms with Crippen LogP contribution in [0.4, 0.5) is 0 Å². The molecule has 0 aliphatic carbocycles. The summed E-state index contributed by atoms with van der Waals surface area (Å²) < 4.78 is 0. The number of carbonyl (C=O) groups excluding carboxylic acids is 1. The minimum absolute atomic E-state index is 0. The number of aliphatic imine (C=N–C) groups is 1. The van der Waals surface area contributed by atoms with E-state index < -0.39 is 6.10 Å². The van der Waals surface area contributed by atoms with Crippen LogP contribution in [0.25, 0.3) is 0 Å². The van der Waals surface area contributed by atoms with E-state index in [-0.39, 0.29) is 42.3 Å². The van der Waals surface area contributed by atoms with Crippen molar-refractivity contribution in [1.82, 2.24) is 16.0 Å². The molecule has 0 fully saturated rings. The molecule has 148 valence electrons. The second kappa shape index (κ2) is 13.4. The molecule has 1 rings (SSSR count). The number of rotatable bonds is 8. The highest BCUT2D eigenvalue weighted by Gasteiger charge is 2.10. The van der Waals surface area contributed by atoms with Crippen LogP contribution in [0.2, 0.25) is 10.0 Å². The second-order valence-corrected chi connectivity index (χ2v) is 6.68. The lowest BCUT2D eigenvalue weighted by Gasteiger charge is -2.14. The number of aliphatic hydroxyl groups excluding tert-OH is 1. The van der Waals surface area contributed by atoms with Crippen LogP contribution >= 0.6 is 47.2 Å². The maximum atomic E-state index is 11.5. The average Bonchev–Trinajstić information content (AvgIpc) is 2.54. The number of amides is 1. The summed E-state index contributed by atoms with van der Waals surface area (Å²) in [5.41, 5.74) is 0.612. The zero-order chi connectivity index (χ0) is 18.8. The maximum absolute atomic E-state index is 11.5. The molecule has 9 heteroatoms. The number of aliphatic hydroxyl groups is 1. The SMILES string of the molecule is CCNC(=NCC(O)c1cc(Cl)cc(Cl)c1)NCCNC(=O)C(C)C.I. The Morgan fingerprint density at radius 2 is 1.69 bits per heavy atom. The van der Waals surface area contributed by atoms with Gasteiger partial charge in [-0.25, -0.2) is 0 Å². The summed E-state index contributed by atoms with van der Waals surface area (Å²) in [6.07, 6.45) is -0.813. The highest BCUT2D eigenvalue weighted by atomic mass is 127. The monoisotopic (exact) mass is 516 g/mol. The van der Waals surface area contributed by atoms with Gasteiger partial charge in [-0.3, -0.25) is 9.79 Å². The first-order chi connectivity index (χ1) is 11.8. The molecule has 4 N–H and O–H groups in total. The van der Waals surface area contributed by atoms with Gasteiger partial charge in [-0.15, -0.1) is 24.0 Å². The second-order valence-electron chi connectivity index (χ2n) is 5.81. The van der Waals surface area contributed by atoms with E-state index in [0.29, 0.717) is 41.2 Å². The Labute approximate surface area is 182 Å². The fourth-order valence-corrected chi connectivity index (χ4v) is 2.51. The van der Waals surface area contributed by atoms with E-state index in [0.717, 1.165) is 0 Å². The highest BCUT2D eigenvalue weighted by molar-refractivity contribution is 14.0. The number of halogens is 3. The number of hydrogen-bond donors (Lipinski definition) is 4. The Balaban J connectivity index is 0.00000625. The van der Waals surface area contributed by atoms with Crippen LogP contribution in [0.15, 0.2) is 23.2 Å². The van der Waals surface area contributed by atoms with Gasteiger partial charge in [0.1, 0.15) is 0 Å². The third-order valence-electron chi connectivity index (χ3n) is 3.28. The summed E-state index contributed by atoms with van der Waals surface area (Å²) in [6.45, 7) is 7.51. The number of carbonyl (C=O) groups is 1. The quantitative estimate of drug-likeness (QED) is 0.185. The van der Waals surface area contributed by atoms with Crippen LogP contribution in [-0.4, -0.2) is 43.2 Å². The van der Waals surface area contributed by atoms with Crippen LogP contribution < -0.4 is 16.0 Å². The number of nitrogens with one attached hydrogen (secondary N) is 3. The third kappa shape index (κ3) is 9.80. The standard InChI is InChI=1S/C17H26Cl2N4O2.HI/c1-4-20-17(22-6-5-21-16(25)11(2)3)23-10-15(24)12-7-13(18)9-14(19)8-12;/h7-9,11,15,24H,4-6,10H2,1-3H3,(H,21,25)(H2,20,22,23);1H. The van der Waals surface area contributed by atoms with Crippen LogP contribution in [0.5, 0.6) is 0 Å². The number of benzene rings is 1. The van der Waals surface area contributed by atoms with Crippen molar-refractivity contribution in [2.24, 2.45) is 10.9 Å². The van der Waals surface area contributed by atoms with Gasteiger partial charge >= 0.3 is 0 Å². The van der Waals surface area contributed by atoms with Gasteiger partial charge in [0.05, 0.1) is 12.6 Å². The van der Waals surface area contributed by atoms with Gasteiger partial charge in [0.15, 0.2) is 5.96 Å². The molecule has 1 atom stereocenters. The number of hydrogen-bond acceptors (Lipinski definition) is 3. The van der Waals surface area contributed by atoms with Crippen molar-refractivity contribution < 1.29 is 9.90 Å². The molecule has 26 heavy (non-hydrogen) atoms. The van der Waals surface area contributed by atoms with Gasteiger partial charge in [-0.1, -0.05) is 37.0 Å². The molecule has 0 bridgehead atoms. The first-order valence-corrected chi connectivity index (χ1v) is 9.03. The molecule has 0 aromatic heterocycles. The molecule has 1 amide bonds. The summed E-state index contributed by atoms with van der Waals surface area (Å²) in [5, 5.41) is 20.2. The Hall–Kier alpha value is -0.770. The van der Waals surface area contributed by atoms with E-state index in [1.165, 1.54) is 0 Å². The molecule has 6 nitrogen and oxygen atoms in total. The minimum atomic E-state index is -0.813. The number of nitrogens with zero attached hydrogens (tertiary/aromatic N) is 1. The lowest BCUT2D eigenvalue weighted by atomic mass is 10.1. The Morgan fingerprint density at radius 1 is 1.12 bits per heavy atom. The molecule has 0 aliphatic heterocycles. The molecule has 0 heterocycles. The normalized spacial score (nSPS) is 12.3. The van der Waals surface area contributed by atoms with E-state index in [1.807, 2.05) is 20.8 Å². The van der Waals surface area contributed by atoms with E-state index in [2.05, 4.69) is 20.9 Å². The number of guanidine groups is 1. The maximum Gasteiger partial charge on any atom is 0.222 e. The van der Waals surface area contributed by atoms with Crippen LogP contribution in [0.1, 0.15) is 32.4 Å². The predicted molar refractivity (Wildman–Crippen MR) is 119 cm³/mol. The zero-order valence-corrected chi connectivity index (χ0v) is 19.0. The summed E-state index contributed by atoms with van der Waals surface area (Å²) in [6, 6.07) is 4.94. The summed E-state index contributed by atoms with van der Waals surface area (Å²) >= 11 is 11.9. The molecule has 1 aromatic carbocycles. The Morgan fingerprint density at radius 3 is 2.23 bits per heavy atom. The van der Waals surface area contributed by atoms with Gasteiger partial charge < -0.3 is 21.1 Å². The van der Waals surface area contributed by atoms with E-state index in [1.54, 1.807) is 18.2 Å². The van der Waals surface area contributed by atoms with Crippen LogP contribution in [-0.2, 0) is 4.79 Å². The minimum Gasteiger partial charge on any atom is -0.386 e. The fourth-order valence-electron chi connectivity index (χ4n) is 1.96. The van der Waals surface area contributed by atoms with Crippen LogP contribution in [0.3, 0.4) is 0 Å². The van der Waals surface area contributed by atoms with E-state index in [9.17, 15) is 9.90 Å². The topological polar surface area (TPSA) is 85.8 Å². The average molecular weight is 517 g/mol. The van der Waals surface area contributed by atoms with Crippen molar-refractivity contribution in [3.8, 4) is 0 Å². The largest absolute Gasteiger partial charge is 0.386 e. The molecule has 0 radical (unpaired) electrons. The van der Waals surface area contributed by atoms with Gasteiger partial charge in [-0.2, -0.15) is 0 Å². The first-order valence-electron chi connectivity index (χ1n) is 8.27. The predicted octanol–water partition coefficient (Wildman–Crippen LogP) is 2.97. The van der Waals surface area contributed by atoms with Crippen molar-refractivity contribution >= 4 is 59.0 Å². The van der Waals surface area contributed by atoms with Crippen molar-refractivity contribution in [1.29, 1.82) is 0 Å². The van der Waals surface area contributed by atoms with Gasteiger partial charge in [0, 0.05) is 35.6 Å². The van der Waals surface area contributed by atoms with Gasteiger partial charge in [0.25, 0.3) is 0 Å². The van der Waals surface area contributed by atoms with E-state index >= 15 is 0 Å². The zero-order valence-electron chi connectivity index (χ0n) is 15.2.